The second-order valence-electron chi connectivity index (χ2n) is 5.52. The lowest BCUT2D eigenvalue weighted by Crippen LogP contribution is -2.37. The summed E-state index contributed by atoms with van der Waals surface area (Å²) in [6, 6.07) is 0.625. The van der Waals surface area contributed by atoms with Crippen LogP contribution in [0.2, 0.25) is 0 Å². The molecule has 2 rings (SSSR count). The summed E-state index contributed by atoms with van der Waals surface area (Å²) in [5.41, 5.74) is 2.52. The minimum atomic E-state index is 0.625. The highest BCUT2D eigenvalue weighted by Gasteiger charge is 2.20. The Balaban J connectivity index is 2.13. The van der Waals surface area contributed by atoms with Crippen molar-refractivity contribution in [3.8, 4) is 0 Å². The van der Waals surface area contributed by atoms with Crippen molar-refractivity contribution in [2.75, 3.05) is 19.6 Å². The third-order valence-corrected chi connectivity index (χ3v) is 5.04. The van der Waals surface area contributed by atoms with E-state index < -0.39 is 0 Å². The predicted octanol–water partition coefficient (Wildman–Crippen LogP) is 2.80. The van der Waals surface area contributed by atoms with E-state index in [-0.39, 0.29) is 0 Å². The molecule has 0 radical (unpaired) electrons. The third-order valence-electron chi connectivity index (χ3n) is 4.12. The lowest BCUT2D eigenvalue weighted by molar-refractivity contribution is 0.249. The Morgan fingerprint density at radius 2 is 2.15 bits per heavy atom. The molecule has 20 heavy (non-hydrogen) atoms. The van der Waals surface area contributed by atoms with Crippen molar-refractivity contribution in [3.05, 3.63) is 15.9 Å². The van der Waals surface area contributed by atoms with Gasteiger partial charge in [-0.25, -0.2) is 0 Å². The highest BCUT2D eigenvalue weighted by molar-refractivity contribution is 9.10. The fourth-order valence-corrected chi connectivity index (χ4v) is 3.56. The van der Waals surface area contributed by atoms with Crippen LogP contribution in [-0.2, 0) is 19.5 Å². The van der Waals surface area contributed by atoms with Crippen LogP contribution >= 0.6 is 15.9 Å². The largest absolute Gasteiger partial charge is 0.313 e. The van der Waals surface area contributed by atoms with Gasteiger partial charge < -0.3 is 5.32 Å². The van der Waals surface area contributed by atoms with Gasteiger partial charge in [-0.2, -0.15) is 5.10 Å². The van der Waals surface area contributed by atoms with Gasteiger partial charge in [-0.15, -0.1) is 0 Å². The molecule has 5 heteroatoms. The molecule has 1 atom stereocenters. The summed E-state index contributed by atoms with van der Waals surface area (Å²) < 4.78 is 3.37. The molecule has 1 aromatic heterocycles. The Morgan fingerprint density at radius 3 is 2.80 bits per heavy atom. The van der Waals surface area contributed by atoms with Crippen molar-refractivity contribution in [2.24, 2.45) is 0 Å². The van der Waals surface area contributed by atoms with Gasteiger partial charge in [0.2, 0.25) is 0 Å². The summed E-state index contributed by atoms with van der Waals surface area (Å²) in [7, 11) is 0. The number of aromatic nitrogens is 2. The van der Waals surface area contributed by atoms with Gasteiger partial charge in [0.1, 0.15) is 0 Å². The Morgan fingerprint density at radius 1 is 1.35 bits per heavy atom. The van der Waals surface area contributed by atoms with Gasteiger partial charge in [-0.3, -0.25) is 9.58 Å². The molecule has 0 amide bonds. The molecule has 1 fully saturated rings. The summed E-state index contributed by atoms with van der Waals surface area (Å²) in [5, 5.41) is 8.33. The summed E-state index contributed by atoms with van der Waals surface area (Å²) in [5.74, 6) is 0. The van der Waals surface area contributed by atoms with E-state index in [2.05, 4.69) is 51.6 Å². The van der Waals surface area contributed by atoms with Crippen LogP contribution in [-0.4, -0.2) is 40.4 Å². The van der Waals surface area contributed by atoms with Crippen molar-refractivity contribution in [1.29, 1.82) is 0 Å². The molecular weight excluding hydrogens is 316 g/mol. The number of hydrogen-bond donors (Lipinski definition) is 1. The second kappa shape index (κ2) is 7.57. The molecule has 2 heterocycles. The van der Waals surface area contributed by atoms with Crippen LogP contribution in [0.3, 0.4) is 0 Å². The molecule has 1 unspecified atom stereocenters. The number of halogens is 1. The molecule has 4 nitrogen and oxygen atoms in total. The van der Waals surface area contributed by atoms with E-state index in [4.69, 9.17) is 5.10 Å². The topological polar surface area (TPSA) is 33.1 Å². The minimum Gasteiger partial charge on any atom is -0.313 e. The SMILES string of the molecule is CCc1nn(CC)c(CN2CCCNC(CC)C2)c1Br. The van der Waals surface area contributed by atoms with E-state index in [0.717, 1.165) is 32.6 Å². The predicted molar refractivity (Wildman–Crippen MR) is 87.0 cm³/mol. The first kappa shape index (κ1) is 16.0. The number of hydrogen-bond acceptors (Lipinski definition) is 3. The fraction of sp³-hybridized carbons (Fsp3) is 0.800. The van der Waals surface area contributed by atoms with Gasteiger partial charge in [-0.1, -0.05) is 13.8 Å². The van der Waals surface area contributed by atoms with E-state index in [1.165, 1.54) is 35.2 Å². The standard InChI is InChI=1S/C15H27BrN4/c1-4-12-10-19(9-7-8-17-12)11-14-15(16)13(5-2)18-20(14)6-3/h12,17H,4-11H2,1-3H3. The van der Waals surface area contributed by atoms with Crippen molar-refractivity contribution in [2.45, 2.75) is 59.2 Å². The van der Waals surface area contributed by atoms with Crippen LogP contribution in [0, 0.1) is 0 Å². The fourth-order valence-electron chi connectivity index (χ4n) is 2.87. The van der Waals surface area contributed by atoms with Crippen LogP contribution in [0.5, 0.6) is 0 Å². The molecule has 0 spiro atoms. The maximum atomic E-state index is 4.70. The summed E-state index contributed by atoms with van der Waals surface area (Å²) >= 11 is 3.76. The van der Waals surface area contributed by atoms with Crippen LogP contribution in [0.4, 0.5) is 0 Å². The molecule has 0 bridgehead atoms. The van der Waals surface area contributed by atoms with E-state index >= 15 is 0 Å². The lowest BCUT2D eigenvalue weighted by atomic mass is 10.2. The van der Waals surface area contributed by atoms with E-state index in [0.29, 0.717) is 6.04 Å². The normalized spacial score (nSPS) is 21.1. The molecule has 1 N–H and O–H groups in total. The molecule has 0 aliphatic carbocycles. The van der Waals surface area contributed by atoms with Crippen molar-refractivity contribution in [3.63, 3.8) is 0 Å². The molecular formula is C15H27BrN4. The maximum Gasteiger partial charge on any atom is 0.0767 e. The van der Waals surface area contributed by atoms with Crippen LogP contribution in [0.1, 0.15) is 45.0 Å². The first-order chi connectivity index (χ1) is 9.69. The number of nitrogens with zero attached hydrogens (tertiary/aromatic N) is 3. The first-order valence-electron chi connectivity index (χ1n) is 7.89. The zero-order valence-corrected chi connectivity index (χ0v) is 14.5. The minimum absolute atomic E-state index is 0.625. The molecule has 0 aromatic carbocycles. The molecule has 0 saturated carbocycles. The van der Waals surface area contributed by atoms with Gasteiger partial charge in [-0.05, 0) is 55.2 Å². The summed E-state index contributed by atoms with van der Waals surface area (Å²) in [6.07, 6.45) is 3.42. The molecule has 1 aliphatic rings. The number of aryl methyl sites for hydroxylation is 2. The molecule has 1 saturated heterocycles. The van der Waals surface area contributed by atoms with Crippen molar-refractivity contribution >= 4 is 15.9 Å². The molecule has 1 aromatic rings. The first-order valence-corrected chi connectivity index (χ1v) is 8.68. The second-order valence-corrected chi connectivity index (χ2v) is 6.32. The van der Waals surface area contributed by atoms with Gasteiger partial charge in [0.15, 0.2) is 0 Å². The zero-order valence-electron chi connectivity index (χ0n) is 13.0. The lowest BCUT2D eigenvalue weighted by Gasteiger charge is -2.24. The monoisotopic (exact) mass is 342 g/mol. The Kier molecular flexibility index (Phi) is 6.05. The zero-order chi connectivity index (χ0) is 14.5. The van der Waals surface area contributed by atoms with Crippen molar-refractivity contribution < 1.29 is 0 Å². The van der Waals surface area contributed by atoms with Gasteiger partial charge in [0.25, 0.3) is 0 Å². The Hall–Kier alpha value is -0.390. The van der Waals surface area contributed by atoms with Crippen LogP contribution in [0.25, 0.3) is 0 Å². The van der Waals surface area contributed by atoms with E-state index in [9.17, 15) is 0 Å². The summed E-state index contributed by atoms with van der Waals surface area (Å²) in [6.45, 7) is 12.0. The molecule has 114 valence electrons. The quantitative estimate of drug-likeness (QED) is 0.893. The highest BCUT2D eigenvalue weighted by atomic mass is 79.9. The summed E-state index contributed by atoms with van der Waals surface area (Å²) in [4.78, 5) is 2.57. The average Bonchev–Trinajstić information content (AvgIpc) is 2.65. The van der Waals surface area contributed by atoms with Crippen LogP contribution < -0.4 is 5.32 Å². The van der Waals surface area contributed by atoms with Crippen LogP contribution in [0.15, 0.2) is 4.47 Å². The average molecular weight is 343 g/mol. The van der Waals surface area contributed by atoms with Gasteiger partial charge in [0.05, 0.1) is 15.9 Å². The smallest absolute Gasteiger partial charge is 0.0767 e. The van der Waals surface area contributed by atoms with E-state index in [1.807, 2.05) is 0 Å². The maximum absolute atomic E-state index is 4.70. The van der Waals surface area contributed by atoms with Crippen molar-refractivity contribution in [1.82, 2.24) is 20.0 Å². The Labute approximate surface area is 131 Å². The highest BCUT2D eigenvalue weighted by Crippen LogP contribution is 2.24. The van der Waals surface area contributed by atoms with Gasteiger partial charge >= 0.3 is 0 Å². The number of rotatable bonds is 5. The molecule has 1 aliphatic heterocycles. The van der Waals surface area contributed by atoms with E-state index in [1.54, 1.807) is 0 Å². The van der Waals surface area contributed by atoms with Gasteiger partial charge in [0, 0.05) is 25.7 Å². The Bertz CT molecular complexity index is 430. The third kappa shape index (κ3) is 3.62. The number of nitrogens with one attached hydrogen (secondary N) is 1.